The minimum atomic E-state index is -4.93. The SMILES string of the molecule is CC[C@@H](C)NC(=O)[C@H](Cc1ccccc1)N(Cc1ccc(F)cc1)C(=O)CN(c1ccc(Cl)c(C(F)(F)F)c1)S(=O)(=O)c1ccc(C)cc1. The van der Waals surface area contributed by atoms with Crippen molar-refractivity contribution in [2.45, 2.75) is 63.3 Å². The van der Waals surface area contributed by atoms with Gasteiger partial charge in [0.2, 0.25) is 11.8 Å². The van der Waals surface area contributed by atoms with Gasteiger partial charge in [0.15, 0.2) is 0 Å². The summed E-state index contributed by atoms with van der Waals surface area (Å²) in [5.41, 5.74) is 0.106. The summed E-state index contributed by atoms with van der Waals surface area (Å²) in [5.74, 6) is -1.94. The number of halogens is 5. The summed E-state index contributed by atoms with van der Waals surface area (Å²) in [7, 11) is -4.66. The van der Waals surface area contributed by atoms with Crippen LogP contribution in [-0.2, 0) is 38.8 Å². The molecule has 7 nitrogen and oxygen atoms in total. The number of nitrogens with zero attached hydrogens (tertiary/aromatic N) is 2. The molecule has 0 aromatic heterocycles. The average molecular weight is 718 g/mol. The van der Waals surface area contributed by atoms with E-state index >= 15 is 0 Å². The Morgan fingerprint density at radius 3 is 2.12 bits per heavy atom. The number of anilines is 1. The van der Waals surface area contributed by atoms with Crippen molar-refractivity contribution >= 4 is 39.1 Å². The van der Waals surface area contributed by atoms with Gasteiger partial charge in [0.25, 0.3) is 10.0 Å². The highest BCUT2D eigenvalue weighted by atomic mass is 35.5. The van der Waals surface area contributed by atoms with Crippen LogP contribution in [0.1, 0.15) is 42.5 Å². The molecule has 0 saturated heterocycles. The van der Waals surface area contributed by atoms with E-state index in [1.165, 1.54) is 53.4 Å². The molecule has 0 unspecified atom stereocenters. The van der Waals surface area contributed by atoms with Crippen LogP contribution in [-0.4, -0.2) is 43.8 Å². The predicted molar refractivity (Wildman–Crippen MR) is 181 cm³/mol. The van der Waals surface area contributed by atoms with Crippen LogP contribution in [0.4, 0.5) is 23.2 Å². The molecular weight excluding hydrogens is 682 g/mol. The van der Waals surface area contributed by atoms with Crippen LogP contribution in [0.5, 0.6) is 0 Å². The van der Waals surface area contributed by atoms with E-state index in [4.69, 9.17) is 11.6 Å². The molecule has 4 aromatic carbocycles. The highest BCUT2D eigenvalue weighted by Gasteiger charge is 2.38. The Hall–Kier alpha value is -4.42. The predicted octanol–water partition coefficient (Wildman–Crippen LogP) is 7.56. The molecule has 4 aromatic rings. The van der Waals surface area contributed by atoms with Crippen molar-refractivity contribution in [3.63, 3.8) is 0 Å². The lowest BCUT2D eigenvalue weighted by atomic mass is 10.0. The molecule has 0 saturated carbocycles. The molecule has 2 amide bonds. The highest BCUT2D eigenvalue weighted by molar-refractivity contribution is 7.92. The van der Waals surface area contributed by atoms with Crippen LogP contribution in [0.25, 0.3) is 0 Å². The first-order valence-corrected chi connectivity index (χ1v) is 17.3. The van der Waals surface area contributed by atoms with Gasteiger partial charge in [-0.2, -0.15) is 13.2 Å². The number of sulfonamides is 1. The molecule has 0 fully saturated rings. The minimum absolute atomic E-state index is 0.0277. The second-order valence-electron chi connectivity index (χ2n) is 11.7. The van der Waals surface area contributed by atoms with Crippen molar-refractivity contribution in [1.29, 1.82) is 0 Å². The molecule has 0 aliphatic heterocycles. The summed E-state index contributed by atoms with van der Waals surface area (Å²) < 4.78 is 84.6. The number of alkyl halides is 3. The zero-order valence-corrected chi connectivity index (χ0v) is 28.6. The lowest BCUT2D eigenvalue weighted by Crippen LogP contribution is -2.54. The maximum atomic E-state index is 14.5. The quantitative estimate of drug-likeness (QED) is 0.145. The molecule has 2 atom stereocenters. The Morgan fingerprint density at radius 1 is 0.898 bits per heavy atom. The third kappa shape index (κ3) is 9.60. The zero-order valence-electron chi connectivity index (χ0n) is 27.0. The van der Waals surface area contributed by atoms with Gasteiger partial charge in [-0.3, -0.25) is 13.9 Å². The first-order valence-electron chi connectivity index (χ1n) is 15.4. The highest BCUT2D eigenvalue weighted by Crippen LogP contribution is 2.38. The van der Waals surface area contributed by atoms with Crippen LogP contribution in [0, 0.1) is 12.7 Å². The molecule has 4 rings (SSSR count). The first kappa shape index (κ1) is 37.4. The molecule has 49 heavy (non-hydrogen) atoms. The van der Waals surface area contributed by atoms with Gasteiger partial charge in [0.05, 0.1) is 21.2 Å². The summed E-state index contributed by atoms with van der Waals surface area (Å²) in [6, 6.07) is 20.8. The van der Waals surface area contributed by atoms with Crippen molar-refractivity contribution in [1.82, 2.24) is 10.2 Å². The second-order valence-corrected chi connectivity index (χ2v) is 13.9. The largest absolute Gasteiger partial charge is 0.417 e. The zero-order chi connectivity index (χ0) is 35.9. The smallest absolute Gasteiger partial charge is 0.352 e. The van der Waals surface area contributed by atoms with E-state index in [0.717, 1.165) is 17.7 Å². The second kappa shape index (κ2) is 15.9. The molecule has 13 heteroatoms. The number of carbonyl (C=O) groups excluding carboxylic acids is 2. The Balaban J connectivity index is 1.87. The monoisotopic (exact) mass is 717 g/mol. The number of aryl methyl sites for hydroxylation is 1. The van der Waals surface area contributed by atoms with Crippen LogP contribution in [0.3, 0.4) is 0 Å². The van der Waals surface area contributed by atoms with Gasteiger partial charge in [-0.25, -0.2) is 12.8 Å². The van der Waals surface area contributed by atoms with Gasteiger partial charge in [-0.05, 0) is 73.9 Å². The summed E-state index contributed by atoms with van der Waals surface area (Å²) in [5, 5.41) is 2.24. The standard InChI is InChI=1S/C36H36ClF4N3O4S/c1-4-25(3)42-35(46)33(20-26-8-6-5-7-9-26)43(22-27-12-14-28(38)15-13-27)34(45)23-44(49(47,48)30-17-10-24(2)11-18-30)29-16-19-32(37)31(21-29)36(39,40)41/h5-19,21,25,33H,4,20,22-23H2,1-3H3,(H,42,46)/t25-,33+/m1/s1. The van der Waals surface area contributed by atoms with Gasteiger partial charge in [-0.1, -0.05) is 78.7 Å². The van der Waals surface area contributed by atoms with E-state index in [9.17, 15) is 35.6 Å². The normalized spacial score (nSPS) is 13.0. The molecular formula is C36H36ClF4N3O4S. The van der Waals surface area contributed by atoms with Gasteiger partial charge in [0, 0.05) is 19.0 Å². The third-order valence-electron chi connectivity index (χ3n) is 7.97. The minimum Gasteiger partial charge on any atom is -0.352 e. The maximum absolute atomic E-state index is 14.5. The third-order valence-corrected chi connectivity index (χ3v) is 10.1. The van der Waals surface area contributed by atoms with Crippen molar-refractivity contribution < 1.29 is 35.6 Å². The lowest BCUT2D eigenvalue weighted by Gasteiger charge is -2.34. The van der Waals surface area contributed by atoms with Gasteiger partial charge in [-0.15, -0.1) is 0 Å². The van der Waals surface area contributed by atoms with Crippen molar-refractivity contribution in [2.75, 3.05) is 10.8 Å². The number of nitrogens with one attached hydrogen (secondary N) is 1. The van der Waals surface area contributed by atoms with E-state index in [0.29, 0.717) is 27.9 Å². The molecule has 0 radical (unpaired) electrons. The molecule has 1 N–H and O–H groups in total. The molecule has 0 spiro atoms. The number of amides is 2. The van der Waals surface area contributed by atoms with Gasteiger partial charge < -0.3 is 10.2 Å². The fourth-order valence-corrected chi connectivity index (χ4v) is 6.66. The topological polar surface area (TPSA) is 86.8 Å². The summed E-state index contributed by atoms with van der Waals surface area (Å²) in [6.07, 6.45) is -4.32. The van der Waals surface area contributed by atoms with E-state index in [2.05, 4.69) is 5.32 Å². The Morgan fingerprint density at radius 2 is 1.53 bits per heavy atom. The fourth-order valence-electron chi connectivity index (χ4n) is 5.03. The Kier molecular flexibility index (Phi) is 12.1. The number of benzene rings is 4. The van der Waals surface area contributed by atoms with Crippen molar-refractivity contribution in [2.24, 2.45) is 0 Å². The number of rotatable bonds is 13. The van der Waals surface area contributed by atoms with Crippen LogP contribution >= 0.6 is 11.6 Å². The number of hydrogen-bond donors (Lipinski definition) is 1. The van der Waals surface area contributed by atoms with E-state index in [1.54, 1.807) is 44.2 Å². The lowest BCUT2D eigenvalue weighted by molar-refractivity contribution is -0.140. The van der Waals surface area contributed by atoms with Crippen LogP contribution in [0.15, 0.2) is 102 Å². The van der Waals surface area contributed by atoms with E-state index < -0.39 is 62.7 Å². The van der Waals surface area contributed by atoms with Gasteiger partial charge in [0.1, 0.15) is 18.4 Å². The van der Waals surface area contributed by atoms with Crippen LogP contribution < -0.4 is 9.62 Å². The van der Waals surface area contributed by atoms with E-state index in [1.807, 2.05) is 6.92 Å². The van der Waals surface area contributed by atoms with Crippen molar-refractivity contribution in [3.8, 4) is 0 Å². The Bertz CT molecular complexity index is 1860. The molecule has 0 aliphatic carbocycles. The summed E-state index contributed by atoms with van der Waals surface area (Å²) >= 11 is 5.86. The fraction of sp³-hybridized carbons (Fsp3) is 0.278. The number of hydrogen-bond acceptors (Lipinski definition) is 4. The Labute approximate surface area is 288 Å². The average Bonchev–Trinajstić information content (AvgIpc) is 3.06. The van der Waals surface area contributed by atoms with Gasteiger partial charge >= 0.3 is 6.18 Å². The van der Waals surface area contributed by atoms with Crippen LogP contribution in [0.2, 0.25) is 5.02 Å². The summed E-state index contributed by atoms with van der Waals surface area (Å²) in [4.78, 5) is 29.3. The molecule has 0 heterocycles. The van der Waals surface area contributed by atoms with E-state index in [-0.39, 0.29) is 23.9 Å². The molecule has 0 aliphatic rings. The molecule has 0 bridgehead atoms. The summed E-state index contributed by atoms with van der Waals surface area (Å²) in [6.45, 7) is 4.18. The maximum Gasteiger partial charge on any atom is 0.417 e. The first-order chi connectivity index (χ1) is 23.1. The number of carbonyl (C=O) groups is 2. The molecule has 260 valence electrons. The van der Waals surface area contributed by atoms with Crippen molar-refractivity contribution in [3.05, 3.63) is 130 Å².